The molecule has 54 heavy (non-hydrogen) atoms. The number of pyridine rings is 1. The van der Waals surface area contributed by atoms with E-state index in [2.05, 4.69) is 73.1 Å². The number of hydrazine groups is 1. The average Bonchev–Trinajstić information content (AvgIpc) is 3.47. The fourth-order valence-corrected chi connectivity index (χ4v) is 8.24. The van der Waals surface area contributed by atoms with Gasteiger partial charge in [-0.05, 0) is 117 Å². The summed E-state index contributed by atoms with van der Waals surface area (Å²) in [6.07, 6.45) is 7.00. The molecular weight excluding hydrogens is 681 g/mol. The Bertz CT molecular complexity index is 2100. The Kier molecular flexibility index (Phi) is 10.7. The summed E-state index contributed by atoms with van der Waals surface area (Å²) in [4.78, 5) is 34.5. The molecule has 1 saturated heterocycles. The molecule has 0 saturated carbocycles. The number of rotatable bonds is 5. The number of phenols is 1. The Hall–Kier alpha value is -4.55. The number of aromatic hydroxyl groups is 1. The van der Waals surface area contributed by atoms with Crippen LogP contribution in [0.4, 0.5) is 0 Å². The number of benzene rings is 2. The van der Waals surface area contributed by atoms with Gasteiger partial charge in [0.25, 0.3) is 5.91 Å². The number of aryl methyl sites for hydroxylation is 1. The van der Waals surface area contributed by atoms with E-state index in [9.17, 15) is 14.7 Å². The van der Waals surface area contributed by atoms with E-state index in [-0.39, 0.29) is 36.8 Å². The van der Waals surface area contributed by atoms with Crippen molar-refractivity contribution in [2.75, 3.05) is 40.4 Å². The van der Waals surface area contributed by atoms with Crippen molar-refractivity contribution in [3.63, 3.8) is 0 Å². The molecule has 2 aromatic carbocycles. The molecule has 0 unspecified atom stereocenters. The zero-order valence-electron chi connectivity index (χ0n) is 32.4. The zero-order valence-corrected chi connectivity index (χ0v) is 32.4. The average molecular weight is 735 g/mol. The fourth-order valence-electron chi connectivity index (χ4n) is 8.24. The number of nitrogens with zero attached hydrogens (tertiary/aromatic N) is 4. The number of esters is 1. The molecule has 3 aliphatic heterocycles. The number of likely N-dealkylation sites (N-methyl/N-ethyl adjacent to an activating group) is 1. The molecule has 4 aromatic rings. The van der Waals surface area contributed by atoms with Crippen molar-refractivity contribution in [2.45, 2.75) is 84.5 Å². The van der Waals surface area contributed by atoms with Gasteiger partial charge in [0.15, 0.2) is 0 Å². The maximum absolute atomic E-state index is 13.6. The molecule has 7 rings (SSSR count). The quantitative estimate of drug-likeness (QED) is 0.211. The Balaban J connectivity index is 1.45. The van der Waals surface area contributed by atoms with E-state index in [0.29, 0.717) is 32.4 Å². The van der Waals surface area contributed by atoms with Gasteiger partial charge < -0.3 is 29.8 Å². The smallest absolute Gasteiger partial charge is 0.324 e. The number of aromatic nitrogens is 2. The highest BCUT2D eigenvalue weighted by Crippen LogP contribution is 2.43. The van der Waals surface area contributed by atoms with Crippen molar-refractivity contribution >= 4 is 28.4 Å². The molecule has 2 aromatic heterocycles. The van der Waals surface area contributed by atoms with Crippen LogP contribution in [0.1, 0.15) is 75.4 Å². The summed E-state index contributed by atoms with van der Waals surface area (Å²) in [6, 6.07) is 12.6. The van der Waals surface area contributed by atoms with Crippen LogP contribution in [-0.4, -0.2) is 88.9 Å². The molecule has 1 fully saturated rings. The number of ether oxygens (including phenoxy) is 2. The summed E-state index contributed by atoms with van der Waals surface area (Å²) >= 11 is 0. The van der Waals surface area contributed by atoms with Gasteiger partial charge in [-0.3, -0.25) is 19.6 Å². The topological polar surface area (TPSA) is 135 Å². The zero-order chi connectivity index (χ0) is 38.3. The number of amides is 1. The van der Waals surface area contributed by atoms with Crippen LogP contribution in [0.2, 0.25) is 0 Å². The third kappa shape index (κ3) is 7.55. The lowest BCUT2D eigenvalue weighted by molar-refractivity contribution is -0.154. The van der Waals surface area contributed by atoms with Gasteiger partial charge in [-0.25, -0.2) is 5.43 Å². The van der Waals surface area contributed by atoms with Gasteiger partial charge in [0, 0.05) is 61.4 Å². The van der Waals surface area contributed by atoms with E-state index in [4.69, 9.17) is 20.2 Å². The number of nitrogens with one attached hydrogen (secondary N) is 1. The Morgan fingerprint density at radius 2 is 1.93 bits per heavy atom. The number of carbonyl (C=O) groups excluding carboxylic acids is 2. The summed E-state index contributed by atoms with van der Waals surface area (Å²) in [5, 5.41) is 13.5. The second-order valence-corrected chi connectivity index (χ2v) is 16.0. The molecule has 3 atom stereocenters. The van der Waals surface area contributed by atoms with Crippen molar-refractivity contribution < 1.29 is 24.2 Å². The number of fused-ring (bicyclic) bond motifs is 6. The normalized spacial score (nSPS) is 21.8. The van der Waals surface area contributed by atoms with Crippen LogP contribution >= 0.6 is 0 Å². The molecule has 3 aliphatic rings. The van der Waals surface area contributed by atoms with Crippen molar-refractivity contribution in [1.29, 1.82) is 0 Å². The first-order chi connectivity index (χ1) is 25.8. The van der Waals surface area contributed by atoms with Gasteiger partial charge in [-0.2, -0.15) is 0 Å². The van der Waals surface area contributed by atoms with E-state index in [1.165, 1.54) is 10.6 Å². The maximum Gasteiger partial charge on any atom is 0.324 e. The SMILES string of the molecule is CCn1c(-c2cc(C3=CCN(C)CC3)cnc2[C@H](C)OC)c2c3cc(ccc31)-c1cc(O)cc(c1)C[C@H](N)C(=O)N1CCC[C@H](N1)C(=O)OCC(C)(C)C2. The van der Waals surface area contributed by atoms with Crippen molar-refractivity contribution in [3.05, 3.63) is 77.1 Å². The molecule has 0 radical (unpaired) electrons. The number of hydrogen-bond donors (Lipinski definition) is 3. The lowest BCUT2D eigenvalue weighted by atomic mass is 9.83. The van der Waals surface area contributed by atoms with E-state index < -0.39 is 17.5 Å². The fraction of sp³-hybridized carbons (Fsp3) is 0.465. The largest absolute Gasteiger partial charge is 0.508 e. The summed E-state index contributed by atoms with van der Waals surface area (Å²) < 4.78 is 14.4. The third-order valence-corrected chi connectivity index (χ3v) is 11.3. The molecule has 6 bridgehead atoms. The van der Waals surface area contributed by atoms with Crippen LogP contribution < -0.4 is 11.2 Å². The predicted octanol–water partition coefficient (Wildman–Crippen LogP) is 6.01. The molecule has 11 heteroatoms. The highest BCUT2D eigenvalue weighted by Gasteiger charge is 2.34. The van der Waals surface area contributed by atoms with Gasteiger partial charge in [-0.15, -0.1) is 0 Å². The summed E-state index contributed by atoms with van der Waals surface area (Å²) in [5.41, 5.74) is 19.2. The third-order valence-electron chi connectivity index (χ3n) is 11.3. The summed E-state index contributed by atoms with van der Waals surface area (Å²) in [6.45, 7) is 11.7. The van der Waals surface area contributed by atoms with E-state index in [0.717, 1.165) is 75.2 Å². The van der Waals surface area contributed by atoms with E-state index >= 15 is 0 Å². The summed E-state index contributed by atoms with van der Waals surface area (Å²) in [7, 11) is 3.86. The highest BCUT2D eigenvalue weighted by molar-refractivity contribution is 5.96. The molecule has 0 spiro atoms. The molecule has 5 heterocycles. The minimum absolute atomic E-state index is 0.105. The Labute approximate surface area is 318 Å². The summed E-state index contributed by atoms with van der Waals surface area (Å²) in [5.74, 6) is -0.579. The molecule has 1 amide bonds. The van der Waals surface area contributed by atoms with Crippen LogP contribution in [0.15, 0.2) is 54.7 Å². The van der Waals surface area contributed by atoms with Crippen molar-refractivity contribution in [3.8, 4) is 28.1 Å². The van der Waals surface area contributed by atoms with Crippen LogP contribution in [0.3, 0.4) is 0 Å². The molecule has 0 aliphatic carbocycles. The monoisotopic (exact) mass is 734 g/mol. The number of nitrogens with two attached hydrogens (primary N) is 1. The standard InChI is InChI=1S/C43H54N6O5/c1-7-48-38-11-10-29-21-33(38)35(40(48)34-22-31(24-45-39(34)26(2)53-6)28-12-15-47(5)16-13-28)23-43(3,4)25-54-42(52)37-9-8-14-49(46-37)41(51)36(44)19-27-17-30(29)20-32(50)18-27/h10-12,17-18,20-22,24,26,36-37,46,50H,7-9,13-16,19,23,25,44H2,1-6H3/t26-,36-,37-/m0/s1. The second-order valence-electron chi connectivity index (χ2n) is 16.0. The van der Waals surface area contributed by atoms with Crippen molar-refractivity contribution in [1.82, 2.24) is 24.9 Å². The van der Waals surface area contributed by atoms with Gasteiger partial charge in [0.2, 0.25) is 0 Å². The number of carbonyl (C=O) groups is 2. The molecular formula is C43H54N6O5. The van der Waals surface area contributed by atoms with Crippen LogP contribution in [0.5, 0.6) is 5.75 Å². The van der Waals surface area contributed by atoms with Gasteiger partial charge in [0.1, 0.15) is 11.8 Å². The maximum atomic E-state index is 13.6. The number of methoxy groups -OCH3 is 1. The first-order valence-corrected chi connectivity index (χ1v) is 19.2. The first-order valence-electron chi connectivity index (χ1n) is 19.2. The van der Waals surface area contributed by atoms with Gasteiger partial charge in [-0.1, -0.05) is 32.1 Å². The predicted molar refractivity (Wildman–Crippen MR) is 211 cm³/mol. The molecule has 11 nitrogen and oxygen atoms in total. The highest BCUT2D eigenvalue weighted by atomic mass is 16.5. The first kappa shape index (κ1) is 37.8. The van der Waals surface area contributed by atoms with Crippen LogP contribution in [0.25, 0.3) is 38.9 Å². The van der Waals surface area contributed by atoms with Gasteiger partial charge >= 0.3 is 5.97 Å². The number of hydrogen-bond acceptors (Lipinski definition) is 9. The van der Waals surface area contributed by atoms with Crippen LogP contribution in [-0.2, 0) is 38.4 Å². The van der Waals surface area contributed by atoms with E-state index in [1.54, 1.807) is 19.2 Å². The van der Waals surface area contributed by atoms with Crippen LogP contribution in [0, 0.1) is 5.41 Å². The second kappa shape index (κ2) is 15.3. The lowest BCUT2D eigenvalue weighted by Crippen LogP contribution is -2.59. The Morgan fingerprint density at radius 3 is 2.67 bits per heavy atom. The van der Waals surface area contributed by atoms with Crippen molar-refractivity contribution in [2.24, 2.45) is 11.1 Å². The van der Waals surface area contributed by atoms with E-state index in [1.807, 2.05) is 19.2 Å². The number of cyclic esters (lactones) is 1. The number of phenolic OH excluding ortho intramolecular Hbond substituents is 1. The minimum Gasteiger partial charge on any atom is -0.508 e. The molecule has 286 valence electrons. The Morgan fingerprint density at radius 1 is 1.11 bits per heavy atom. The lowest BCUT2D eigenvalue weighted by Gasteiger charge is -2.35. The minimum atomic E-state index is -0.867. The van der Waals surface area contributed by atoms with Gasteiger partial charge in [0.05, 0.1) is 30.1 Å². The molecule has 4 N–H and O–H groups in total.